The van der Waals surface area contributed by atoms with Crippen molar-refractivity contribution < 1.29 is 8.42 Å². The maximum atomic E-state index is 12.5. The van der Waals surface area contributed by atoms with Crippen LogP contribution in [-0.4, -0.2) is 15.5 Å². The van der Waals surface area contributed by atoms with E-state index in [0.29, 0.717) is 5.69 Å². The molecule has 0 bridgehead atoms. The van der Waals surface area contributed by atoms with Crippen LogP contribution in [0, 0.1) is 6.92 Å². The van der Waals surface area contributed by atoms with Gasteiger partial charge in [-0.05, 0) is 42.8 Å². The Labute approximate surface area is 122 Å². The second-order valence-electron chi connectivity index (χ2n) is 4.21. The van der Waals surface area contributed by atoms with Gasteiger partial charge in [0.2, 0.25) is 0 Å². The molecule has 0 atom stereocenters. The van der Waals surface area contributed by atoms with E-state index in [1.54, 1.807) is 37.4 Å². The van der Waals surface area contributed by atoms with Crippen molar-refractivity contribution in [2.45, 2.75) is 11.8 Å². The number of rotatable bonds is 3. The summed E-state index contributed by atoms with van der Waals surface area (Å²) in [6.07, 6.45) is 0. The molecule has 0 radical (unpaired) electrons. The Hall–Kier alpha value is -1.33. The summed E-state index contributed by atoms with van der Waals surface area (Å²) in [5.41, 5.74) is 1.61. The molecule has 0 heterocycles. The highest BCUT2D eigenvalue weighted by molar-refractivity contribution is 9.10. The second-order valence-corrected chi connectivity index (χ2v) is 7.10. The maximum Gasteiger partial charge on any atom is 0.264 e. The number of aryl methyl sites for hydroxylation is 1. The summed E-state index contributed by atoms with van der Waals surface area (Å²) in [5, 5.41) is 0. The molecule has 2 aromatic carbocycles. The molecule has 19 heavy (non-hydrogen) atoms. The Bertz CT molecular complexity index is 681. The van der Waals surface area contributed by atoms with Gasteiger partial charge in [0.15, 0.2) is 0 Å². The number of sulfonamides is 1. The SMILES string of the molecule is Cc1ccccc1N(C)S(=O)(=O)c1ccc(Br)cc1. The third-order valence-electron chi connectivity index (χ3n) is 2.93. The van der Waals surface area contributed by atoms with Gasteiger partial charge in [-0.2, -0.15) is 0 Å². The van der Waals surface area contributed by atoms with Crippen LogP contribution in [0.2, 0.25) is 0 Å². The second kappa shape index (κ2) is 5.35. The zero-order valence-electron chi connectivity index (χ0n) is 10.7. The fourth-order valence-corrected chi connectivity index (χ4v) is 3.34. The van der Waals surface area contributed by atoms with Crippen LogP contribution in [0.5, 0.6) is 0 Å². The standard InChI is InChI=1S/C14H14BrNO2S/c1-11-5-3-4-6-14(11)16(2)19(17,18)13-9-7-12(15)8-10-13/h3-10H,1-2H3. The molecule has 0 saturated carbocycles. The van der Waals surface area contributed by atoms with Crippen LogP contribution < -0.4 is 4.31 Å². The van der Waals surface area contributed by atoms with Crippen molar-refractivity contribution in [3.63, 3.8) is 0 Å². The van der Waals surface area contributed by atoms with E-state index in [1.165, 1.54) is 4.31 Å². The Balaban J connectivity index is 2.45. The maximum absolute atomic E-state index is 12.5. The quantitative estimate of drug-likeness (QED) is 0.856. The van der Waals surface area contributed by atoms with Gasteiger partial charge in [-0.1, -0.05) is 34.1 Å². The van der Waals surface area contributed by atoms with Crippen molar-refractivity contribution in [2.24, 2.45) is 0 Å². The highest BCUT2D eigenvalue weighted by atomic mass is 79.9. The summed E-state index contributed by atoms with van der Waals surface area (Å²) in [6.45, 7) is 1.89. The zero-order valence-corrected chi connectivity index (χ0v) is 13.1. The molecule has 0 amide bonds. The zero-order chi connectivity index (χ0) is 14.0. The van der Waals surface area contributed by atoms with Crippen molar-refractivity contribution >= 4 is 31.6 Å². The van der Waals surface area contributed by atoms with Crippen molar-refractivity contribution in [3.05, 3.63) is 58.6 Å². The number of benzene rings is 2. The first kappa shape index (κ1) is 14.1. The van der Waals surface area contributed by atoms with Gasteiger partial charge in [-0.25, -0.2) is 8.42 Å². The van der Waals surface area contributed by atoms with E-state index in [9.17, 15) is 8.42 Å². The smallest absolute Gasteiger partial charge is 0.264 e. The molecule has 0 aromatic heterocycles. The highest BCUT2D eigenvalue weighted by Gasteiger charge is 2.21. The predicted molar refractivity (Wildman–Crippen MR) is 80.9 cm³/mol. The summed E-state index contributed by atoms with van der Waals surface area (Å²) in [6, 6.07) is 14.0. The summed E-state index contributed by atoms with van der Waals surface area (Å²) < 4.78 is 27.2. The van der Waals surface area contributed by atoms with Gasteiger partial charge in [-0.3, -0.25) is 4.31 Å². The lowest BCUT2D eigenvalue weighted by molar-refractivity contribution is 0.594. The Morgan fingerprint density at radius 2 is 1.58 bits per heavy atom. The van der Waals surface area contributed by atoms with Gasteiger partial charge >= 0.3 is 0 Å². The molecule has 0 spiro atoms. The third kappa shape index (κ3) is 2.82. The number of para-hydroxylation sites is 1. The topological polar surface area (TPSA) is 37.4 Å². The first-order chi connectivity index (χ1) is 8.93. The van der Waals surface area contributed by atoms with Crippen molar-refractivity contribution in [3.8, 4) is 0 Å². The van der Waals surface area contributed by atoms with E-state index in [1.807, 2.05) is 25.1 Å². The van der Waals surface area contributed by atoms with Gasteiger partial charge in [0.1, 0.15) is 0 Å². The molecular formula is C14H14BrNO2S. The summed E-state index contributed by atoms with van der Waals surface area (Å²) in [5.74, 6) is 0. The molecule has 0 aliphatic heterocycles. The summed E-state index contributed by atoms with van der Waals surface area (Å²) in [7, 11) is -1.95. The van der Waals surface area contributed by atoms with Crippen molar-refractivity contribution in [1.82, 2.24) is 0 Å². The van der Waals surface area contributed by atoms with E-state index in [0.717, 1.165) is 10.0 Å². The minimum absolute atomic E-state index is 0.279. The first-order valence-electron chi connectivity index (χ1n) is 5.73. The van der Waals surface area contributed by atoms with Gasteiger partial charge in [0, 0.05) is 11.5 Å². The number of anilines is 1. The van der Waals surface area contributed by atoms with Crippen LogP contribution in [0.25, 0.3) is 0 Å². The van der Waals surface area contributed by atoms with Gasteiger partial charge < -0.3 is 0 Å². The lowest BCUT2D eigenvalue weighted by Gasteiger charge is -2.21. The lowest BCUT2D eigenvalue weighted by Crippen LogP contribution is -2.27. The summed E-state index contributed by atoms with van der Waals surface area (Å²) >= 11 is 3.30. The number of nitrogens with zero attached hydrogens (tertiary/aromatic N) is 1. The first-order valence-corrected chi connectivity index (χ1v) is 7.96. The summed E-state index contributed by atoms with van der Waals surface area (Å²) in [4.78, 5) is 0.279. The van der Waals surface area contributed by atoms with Gasteiger partial charge in [0.05, 0.1) is 10.6 Å². The largest absolute Gasteiger partial charge is 0.269 e. The molecule has 0 unspecified atom stereocenters. The Morgan fingerprint density at radius 3 is 2.16 bits per heavy atom. The minimum Gasteiger partial charge on any atom is -0.269 e. The average molecular weight is 340 g/mol. The molecule has 2 aromatic rings. The fraction of sp³-hybridized carbons (Fsp3) is 0.143. The van der Waals surface area contributed by atoms with Crippen molar-refractivity contribution in [1.29, 1.82) is 0 Å². The normalized spacial score (nSPS) is 11.3. The average Bonchev–Trinajstić information content (AvgIpc) is 2.39. The van der Waals surface area contributed by atoms with E-state index in [4.69, 9.17) is 0 Å². The van der Waals surface area contributed by atoms with Crippen LogP contribution >= 0.6 is 15.9 Å². The lowest BCUT2D eigenvalue weighted by atomic mass is 10.2. The van der Waals surface area contributed by atoms with Crippen LogP contribution in [0.1, 0.15) is 5.56 Å². The Kier molecular flexibility index (Phi) is 3.96. The van der Waals surface area contributed by atoms with E-state index < -0.39 is 10.0 Å². The molecule has 0 fully saturated rings. The molecule has 0 aliphatic carbocycles. The fourth-order valence-electron chi connectivity index (χ4n) is 1.81. The number of hydrogen-bond acceptors (Lipinski definition) is 2. The van der Waals surface area contributed by atoms with E-state index in [2.05, 4.69) is 15.9 Å². The molecule has 3 nitrogen and oxygen atoms in total. The van der Waals surface area contributed by atoms with Crippen LogP contribution in [0.4, 0.5) is 5.69 Å². The highest BCUT2D eigenvalue weighted by Crippen LogP contribution is 2.25. The molecule has 2 rings (SSSR count). The van der Waals surface area contributed by atoms with E-state index >= 15 is 0 Å². The molecule has 5 heteroatoms. The molecule has 0 aliphatic rings. The van der Waals surface area contributed by atoms with Crippen LogP contribution in [0.3, 0.4) is 0 Å². The van der Waals surface area contributed by atoms with Crippen LogP contribution in [-0.2, 0) is 10.0 Å². The molecule has 0 saturated heterocycles. The van der Waals surface area contributed by atoms with E-state index in [-0.39, 0.29) is 4.90 Å². The number of halogens is 1. The van der Waals surface area contributed by atoms with Gasteiger partial charge in [0.25, 0.3) is 10.0 Å². The predicted octanol–water partition coefficient (Wildman–Crippen LogP) is 3.58. The monoisotopic (exact) mass is 339 g/mol. The molecular weight excluding hydrogens is 326 g/mol. The Morgan fingerprint density at radius 1 is 1.00 bits per heavy atom. The van der Waals surface area contributed by atoms with Crippen molar-refractivity contribution in [2.75, 3.05) is 11.4 Å². The van der Waals surface area contributed by atoms with Crippen LogP contribution in [0.15, 0.2) is 57.9 Å². The molecule has 100 valence electrons. The number of hydrogen-bond donors (Lipinski definition) is 0. The minimum atomic E-state index is -3.52. The third-order valence-corrected chi connectivity index (χ3v) is 5.24. The van der Waals surface area contributed by atoms with Gasteiger partial charge in [-0.15, -0.1) is 0 Å². The molecule has 0 N–H and O–H groups in total.